The summed E-state index contributed by atoms with van der Waals surface area (Å²) in [5.74, 6) is 1.94. The second-order valence-corrected chi connectivity index (χ2v) is 6.86. The molecule has 1 N–H and O–H groups in total. The third-order valence-electron chi connectivity index (χ3n) is 4.97. The van der Waals surface area contributed by atoms with Crippen molar-refractivity contribution >= 4 is 29.9 Å². The Hall–Kier alpha value is -1.79. The Morgan fingerprint density at radius 3 is 2.93 bits per heavy atom. The molecule has 10 heteroatoms. The molecule has 0 amide bonds. The van der Waals surface area contributed by atoms with Gasteiger partial charge in [-0.3, -0.25) is 9.98 Å². The van der Waals surface area contributed by atoms with Crippen molar-refractivity contribution < 1.29 is 14.0 Å². The molecular formula is C19H27IN6O3. The second kappa shape index (κ2) is 10.8. The molecule has 2 aliphatic rings. The van der Waals surface area contributed by atoms with Crippen molar-refractivity contribution in [1.29, 1.82) is 0 Å². The molecule has 0 aliphatic carbocycles. The van der Waals surface area contributed by atoms with Gasteiger partial charge < -0.3 is 24.2 Å². The number of halogens is 1. The topological polar surface area (TPSA) is 97.9 Å². The van der Waals surface area contributed by atoms with E-state index in [1.54, 1.807) is 13.2 Å². The maximum absolute atomic E-state index is 5.92. The highest BCUT2D eigenvalue weighted by Crippen LogP contribution is 2.21. The Morgan fingerprint density at radius 2 is 2.17 bits per heavy atom. The van der Waals surface area contributed by atoms with Gasteiger partial charge in [-0.25, -0.2) is 0 Å². The molecule has 2 aromatic rings. The zero-order valence-electron chi connectivity index (χ0n) is 16.5. The van der Waals surface area contributed by atoms with Crippen molar-refractivity contribution in [3.05, 3.63) is 30.2 Å². The van der Waals surface area contributed by atoms with Crippen molar-refractivity contribution in [2.45, 2.75) is 31.5 Å². The van der Waals surface area contributed by atoms with Crippen LogP contribution in [0.1, 0.15) is 18.7 Å². The van der Waals surface area contributed by atoms with Crippen molar-refractivity contribution in [3.8, 4) is 11.6 Å². The molecule has 29 heavy (non-hydrogen) atoms. The van der Waals surface area contributed by atoms with Crippen LogP contribution >= 0.6 is 24.0 Å². The molecule has 0 aromatic carbocycles. The third kappa shape index (κ3) is 5.64. The summed E-state index contributed by atoms with van der Waals surface area (Å²) in [5, 5.41) is 7.43. The molecule has 0 bridgehead atoms. The Bertz CT molecular complexity index is 781. The molecule has 158 valence electrons. The predicted molar refractivity (Wildman–Crippen MR) is 118 cm³/mol. The number of morpholine rings is 1. The Morgan fingerprint density at radius 1 is 1.28 bits per heavy atom. The molecular weight excluding hydrogens is 487 g/mol. The molecule has 0 saturated carbocycles. The lowest BCUT2D eigenvalue weighted by Crippen LogP contribution is -2.53. The van der Waals surface area contributed by atoms with Crippen LogP contribution in [-0.4, -0.2) is 78.1 Å². The summed E-state index contributed by atoms with van der Waals surface area (Å²) in [6.07, 6.45) is 4.83. The average molecular weight is 514 g/mol. The van der Waals surface area contributed by atoms with E-state index in [1.807, 2.05) is 18.2 Å². The third-order valence-corrected chi connectivity index (χ3v) is 4.97. The SMILES string of the molecule is CN=C(NCCc1noc(-c2ccccn2)n1)N1CCOC(C2CCCO2)C1.I. The largest absolute Gasteiger partial charge is 0.375 e. The fourth-order valence-electron chi connectivity index (χ4n) is 3.56. The lowest BCUT2D eigenvalue weighted by molar-refractivity contribution is -0.0816. The number of nitrogens with one attached hydrogen (secondary N) is 1. The number of ether oxygens (including phenoxy) is 2. The van der Waals surface area contributed by atoms with Crippen LogP contribution < -0.4 is 5.32 Å². The van der Waals surface area contributed by atoms with E-state index < -0.39 is 0 Å². The van der Waals surface area contributed by atoms with Crippen LogP contribution in [0.15, 0.2) is 33.9 Å². The lowest BCUT2D eigenvalue weighted by Gasteiger charge is -2.37. The van der Waals surface area contributed by atoms with Crippen LogP contribution in [0.3, 0.4) is 0 Å². The maximum atomic E-state index is 5.92. The van der Waals surface area contributed by atoms with Gasteiger partial charge in [0.25, 0.3) is 5.89 Å². The fourth-order valence-corrected chi connectivity index (χ4v) is 3.56. The first-order chi connectivity index (χ1) is 13.8. The minimum Gasteiger partial charge on any atom is -0.375 e. The first-order valence-corrected chi connectivity index (χ1v) is 9.76. The van der Waals surface area contributed by atoms with Gasteiger partial charge in [-0.05, 0) is 25.0 Å². The van der Waals surface area contributed by atoms with Gasteiger partial charge in [0, 0.05) is 45.9 Å². The molecule has 2 saturated heterocycles. The number of guanidine groups is 1. The Kier molecular flexibility index (Phi) is 8.19. The van der Waals surface area contributed by atoms with Gasteiger partial charge >= 0.3 is 0 Å². The van der Waals surface area contributed by atoms with Gasteiger partial charge in [0.15, 0.2) is 11.8 Å². The minimum absolute atomic E-state index is 0. The molecule has 0 spiro atoms. The molecule has 2 unspecified atom stereocenters. The second-order valence-electron chi connectivity index (χ2n) is 6.86. The quantitative estimate of drug-likeness (QED) is 0.366. The van der Waals surface area contributed by atoms with Gasteiger partial charge in [-0.2, -0.15) is 4.98 Å². The van der Waals surface area contributed by atoms with E-state index >= 15 is 0 Å². The highest BCUT2D eigenvalue weighted by atomic mass is 127. The van der Waals surface area contributed by atoms with E-state index in [1.165, 1.54) is 0 Å². The van der Waals surface area contributed by atoms with E-state index in [0.29, 0.717) is 37.0 Å². The van der Waals surface area contributed by atoms with E-state index in [4.69, 9.17) is 14.0 Å². The Balaban J connectivity index is 0.00000240. The molecule has 2 aliphatic heterocycles. The van der Waals surface area contributed by atoms with Gasteiger partial charge in [-0.15, -0.1) is 24.0 Å². The number of aliphatic imine (C=N–C) groups is 1. The minimum atomic E-state index is 0. The molecule has 4 rings (SSSR count). The first kappa shape index (κ1) is 21.9. The highest BCUT2D eigenvalue weighted by molar-refractivity contribution is 14.0. The highest BCUT2D eigenvalue weighted by Gasteiger charge is 2.32. The Labute approximate surface area is 187 Å². The van der Waals surface area contributed by atoms with Crippen molar-refractivity contribution in [2.75, 3.05) is 39.9 Å². The predicted octanol–water partition coefficient (Wildman–Crippen LogP) is 1.75. The number of hydrogen-bond donors (Lipinski definition) is 1. The van der Waals surface area contributed by atoms with Crippen LogP contribution in [0.4, 0.5) is 0 Å². The van der Waals surface area contributed by atoms with E-state index in [2.05, 4.69) is 30.3 Å². The molecule has 4 heterocycles. The van der Waals surface area contributed by atoms with Crippen LogP contribution in [-0.2, 0) is 15.9 Å². The zero-order valence-corrected chi connectivity index (χ0v) is 18.8. The number of rotatable bonds is 5. The number of aromatic nitrogens is 3. The van der Waals surface area contributed by atoms with Crippen molar-refractivity contribution in [1.82, 2.24) is 25.3 Å². The maximum Gasteiger partial charge on any atom is 0.276 e. The van der Waals surface area contributed by atoms with Crippen LogP contribution in [0.25, 0.3) is 11.6 Å². The van der Waals surface area contributed by atoms with Crippen LogP contribution in [0, 0.1) is 0 Å². The van der Waals surface area contributed by atoms with E-state index in [-0.39, 0.29) is 36.2 Å². The summed E-state index contributed by atoms with van der Waals surface area (Å²) in [7, 11) is 1.80. The number of nitrogens with zero attached hydrogens (tertiary/aromatic N) is 5. The molecule has 0 radical (unpaired) electrons. The summed E-state index contributed by atoms with van der Waals surface area (Å²) in [6.45, 7) is 3.79. The van der Waals surface area contributed by atoms with Gasteiger partial charge in [0.05, 0.1) is 12.7 Å². The normalized spacial score (nSPS) is 22.4. The molecule has 2 fully saturated rings. The average Bonchev–Trinajstić information content (AvgIpc) is 3.44. The summed E-state index contributed by atoms with van der Waals surface area (Å²) in [6, 6.07) is 5.59. The number of hydrogen-bond acceptors (Lipinski definition) is 7. The standard InChI is InChI=1S/C19H26N6O3.HI/c1-20-19(25-10-12-27-16(13-25)15-6-4-11-26-15)22-9-7-17-23-18(28-24-17)14-5-2-3-8-21-14;/h2-3,5,8,15-16H,4,6-7,9-13H2,1H3,(H,20,22);1H. The molecule has 2 aromatic heterocycles. The first-order valence-electron chi connectivity index (χ1n) is 9.76. The van der Waals surface area contributed by atoms with Crippen LogP contribution in [0.2, 0.25) is 0 Å². The van der Waals surface area contributed by atoms with E-state index in [0.717, 1.165) is 38.5 Å². The smallest absolute Gasteiger partial charge is 0.276 e. The summed E-state index contributed by atoms with van der Waals surface area (Å²) >= 11 is 0. The van der Waals surface area contributed by atoms with Crippen molar-refractivity contribution in [2.24, 2.45) is 4.99 Å². The van der Waals surface area contributed by atoms with Crippen molar-refractivity contribution in [3.63, 3.8) is 0 Å². The molecule has 9 nitrogen and oxygen atoms in total. The molecule has 2 atom stereocenters. The summed E-state index contributed by atoms with van der Waals surface area (Å²) in [5.41, 5.74) is 0.679. The number of pyridine rings is 1. The lowest BCUT2D eigenvalue weighted by atomic mass is 10.1. The summed E-state index contributed by atoms with van der Waals surface area (Å²) < 4.78 is 17.0. The zero-order chi connectivity index (χ0) is 19.2. The summed E-state index contributed by atoms with van der Waals surface area (Å²) in [4.78, 5) is 15.3. The fraction of sp³-hybridized carbons (Fsp3) is 0.579. The van der Waals surface area contributed by atoms with Gasteiger partial charge in [0.1, 0.15) is 11.8 Å². The van der Waals surface area contributed by atoms with Gasteiger partial charge in [0.2, 0.25) is 0 Å². The van der Waals surface area contributed by atoms with Crippen LogP contribution in [0.5, 0.6) is 0 Å². The van der Waals surface area contributed by atoms with E-state index in [9.17, 15) is 0 Å². The monoisotopic (exact) mass is 514 g/mol. The van der Waals surface area contributed by atoms with Gasteiger partial charge in [-0.1, -0.05) is 11.2 Å².